The molecule has 1 aromatic heterocycles. The lowest BCUT2D eigenvalue weighted by Gasteiger charge is -2.03. The molecule has 0 spiro atoms. The standard InChI is InChI=1S/C16H14FN3S/c17-15-8-13(18)6-7-16(15)21-11-12-9-19-20(10-12)14-4-2-1-3-5-14/h1-10H,11,18H2. The average molecular weight is 299 g/mol. The van der Waals surface area contributed by atoms with Crippen molar-refractivity contribution in [3.05, 3.63) is 72.3 Å². The predicted molar refractivity (Wildman–Crippen MR) is 83.9 cm³/mol. The summed E-state index contributed by atoms with van der Waals surface area (Å²) in [4.78, 5) is 0.594. The van der Waals surface area contributed by atoms with Crippen molar-refractivity contribution in [3.8, 4) is 5.69 Å². The lowest BCUT2D eigenvalue weighted by atomic mass is 10.3. The number of hydrogen-bond acceptors (Lipinski definition) is 3. The average Bonchev–Trinajstić information content (AvgIpc) is 2.96. The number of benzene rings is 2. The number of halogens is 1. The van der Waals surface area contributed by atoms with Gasteiger partial charge in [0.2, 0.25) is 0 Å². The highest BCUT2D eigenvalue weighted by atomic mass is 32.2. The van der Waals surface area contributed by atoms with Crippen LogP contribution in [0.3, 0.4) is 0 Å². The van der Waals surface area contributed by atoms with Crippen molar-refractivity contribution in [2.75, 3.05) is 5.73 Å². The predicted octanol–water partition coefficient (Wildman–Crippen LogP) is 3.89. The van der Waals surface area contributed by atoms with E-state index in [-0.39, 0.29) is 5.82 Å². The first-order chi connectivity index (χ1) is 10.2. The molecule has 1 heterocycles. The summed E-state index contributed by atoms with van der Waals surface area (Å²) in [5, 5.41) is 4.32. The molecule has 3 rings (SSSR count). The fourth-order valence-corrected chi connectivity index (χ4v) is 2.78. The second-order valence-electron chi connectivity index (χ2n) is 4.61. The van der Waals surface area contributed by atoms with Crippen LogP contribution >= 0.6 is 11.8 Å². The van der Waals surface area contributed by atoms with E-state index in [1.54, 1.807) is 18.3 Å². The topological polar surface area (TPSA) is 43.8 Å². The largest absolute Gasteiger partial charge is 0.399 e. The number of nitrogens with two attached hydrogens (primary N) is 1. The number of hydrogen-bond donors (Lipinski definition) is 1. The van der Waals surface area contributed by atoms with E-state index in [2.05, 4.69) is 5.10 Å². The first kappa shape index (κ1) is 13.7. The molecule has 0 bridgehead atoms. The Hall–Kier alpha value is -2.27. The lowest BCUT2D eigenvalue weighted by Crippen LogP contribution is -1.92. The molecule has 2 aromatic carbocycles. The van der Waals surface area contributed by atoms with Crippen LogP contribution in [0.2, 0.25) is 0 Å². The fourth-order valence-electron chi connectivity index (χ4n) is 1.95. The van der Waals surface area contributed by atoms with Crippen LogP contribution in [0.1, 0.15) is 5.56 Å². The zero-order chi connectivity index (χ0) is 14.7. The molecule has 2 N–H and O–H groups in total. The molecular weight excluding hydrogens is 285 g/mol. The van der Waals surface area contributed by atoms with Gasteiger partial charge in [0.05, 0.1) is 11.9 Å². The summed E-state index contributed by atoms with van der Waals surface area (Å²) < 4.78 is 15.5. The van der Waals surface area contributed by atoms with Gasteiger partial charge in [-0.15, -0.1) is 11.8 Å². The quantitative estimate of drug-likeness (QED) is 0.587. The summed E-state index contributed by atoms with van der Waals surface area (Å²) in [6, 6.07) is 14.6. The molecule has 0 saturated carbocycles. The minimum Gasteiger partial charge on any atom is -0.399 e. The van der Waals surface area contributed by atoms with Gasteiger partial charge in [-0.05, 0) is 30.3 Å². The van der Waals surface area contributed by atoms with Crippen LogP contribution in [0.5, 0.6) is 0 Å². The Labute approximate surface area is 126 Å². The van der Waals surface area contributed by atoms with Crippen molar-refractivity contribution < 1.29 is 4.39 Å². The highest BCUT2D eigenvalue weighted by Gasteiger charge is 2.06. The van der Waals surface area contributed by atoms with E-state index in [4.69, 9.17) is 5.73 Å². The smallest absolute Gasteiger partial charge is 0.138 e. The van der Waals surface area contributed by atoms with Crippen molar-refractivity contribution in [1.29, 1.82) is 0 Å². The second-order valence-corrected chi connectivity index (χ2v) is 5.62. The van der Waals surface area contributed by atoms with E-state index < -0.39 is 0 Å². The van der Waals surface area contributed by atoms with Gasteiger partial charge in [-0.2, -0.15) is 5.10 Å². The van der Waals surface area contributed by atoms with Crippen LogP contribution < -0.4 is 5.73 Å². The molecule has 0 unspecified atom stereocenters. The van der Waals surface area contributed by atoms with Crippen molar-refractivity contribution in [2.24, 2.45) is 0 Å². The van der Waals surface area contributed by atoms with E-state index in [9.17, 15) is 4.39 Å². The normalized spacial score (nSPS) is 10.7. The van der Waals surface area contributed by atoms with Crippen LogP contribution in [0.25, 0.3) is 5.69 Å². The lowest BCUT2D eigenvalue weighted by molar-refractivity contribution is 0.603. The van der Waals surface area contributed by atoms with Crippen molar-refractivity contribution in [1.82, 2.24) is 9.78 Å². The molecule has 5 heteroatoms. The molecule has 0 saturated heterocycles. The minimum atomic E-state index is -0.282. The minimum absolute atomic E-state index is 0.282. The molecule has 0 radical (unpaired) electrons. The number of rotatable bonds is 4. The van der Waals surface area contributed by atoms with Gasteiger partial charge in [0.1, 0.15) is 5.82 Å². The van der Waals surface area contributed by atoms with Crippen LogP contribution in [0.15, 0.2) is 65.8 Å². The van der Waals surface area contributed by atoms with Crippen LogP contribution in [-0.4, -0.2) is 9.78 Å². The highest BCUT2D eigenvalue weighted by molar-refractivity contribution is 7.98. The summed E-state index contributed by atoms with van der Waals surface area (Å²) in [6.07, 6.45) is 3.76. The number of para-hydroxylation sites is 1. The molecule has 0 fully saturated rings. The van der Waals surface area contributed by atoms with E-state index in [1.807, 2.05) is 41.2 Å². The van der Waals surface area contributed by atoms with Crippen LogP contribution in [-0.2, 0) is 5.75 Å². The molecule has 0 aliphatic heterocycles. The number of thioether (sulfide) groups is 1. The SMILES string of the molecule is Nc1ccc(SCc2cnn(-c3ccccc3)c2)c(F)c1. The molecule has 3 aromatic rings. The molecule has 3 nitrogen and oxygen atoms in total. The number of anilines is 1. The van der Waals surface area contributed by atoms with Crippen molar-refractivity contribution >= 4 is 17.4 Å². The number of nitrogen functional groups attached to an aromatic ring is 1. The second kappa shape index (κ2) is 6.01. The Morgan fingerprint density at radius 1 is 1.14 bits per heavy atom. The third kappa shape index (κ3) is 3.25. The molecule has 0 aliphatic carbocycles. The van der Waals surface area contributed by atoms with Gasteiger partial charge in [-0.25, -0.2) is 9.07 Å². The zero-order valence-electron chi connectivity index (χ0n) is 11.2. The Kier molecular flexibility index (Phi) is 3.92. The summed E-state index contributed by atoms with van der Waals surface area (Å²) in [5.41, 5.74) is 8.03. The van der Waals surface area contributed by atoms with Crippen molar-refractivity contribution in [3.63, 3.8) is 0 Å². The monoisotopic (exact) mass is 299 g/mol. The van der Waals surface area contributed by atoms with Gasteiger partial charge < -0.3 is 5.73 Å². The molecular formula is C16H14FN3S. The van der Waals surface area contributed by atoms with E-state index in [1.165, 1.54) is 17.8 Å². The summed E-state index contributed by atoms with van der Waals surface area (Å²) in [7, 11) is 0. The van der Waals surface area contributed by atoms with Crippen LogP contribution in [0.4, 0.5) is 10.1 Å². The summed E-state index contributed by atoms with van der Waals surface area (Å²) in [5.74, 6) is 0.378. The van der Waals surface area contributed by atoms with Crippen LogP contribution in [0, 0.1) is 5.82 Å². The number of nitrogens with zero attached hydrogens (tertiary/aromatic N) is 2. The molecule has 21 heavy (non-hydrogen) atoms. The maximum atomic E-state index is 13.7. The maximum Gasteiger partial charge on any atom is 0.138 e. The maximum absolute atomic E-state index is 13.7. The Bertz CT molecular complexity index is 740. The fraction of sp³-hybridized carbons (Fsp3) is 0.0625. The first-order valence-corrected chi connectivity index (χ1v) is 7.48. The Balaban J connectivity index is 1.70. The molecule has 106 valence electrons. The Morgan fingerprint density at radius 3 is 2.71 bits per heavy atom. The third-order valence-electron chi connectivity index (χ3n) is 3.01. The van der Waals surface area contributed by atoms with Gasteiger partial charge in [0.25, 0.3) is 0 Å². The van der Waals surface area contributed by atoms with Gasteiger partial charge in [0.15, 0.2) is 0 Å². The van der Waals surface area contributed by atoms with Gasteiger partial charge in [0, 0.05) is 28.1 Å². The molecule has 0 aliphatic rings. The van der Waals surface area contributed by atoms with Gasteiger partial charge in [-0.3, -0.25) is 0 Å². The Morgan fingerprint density at radius 2 is 1.95 bits per heavy atom. The highest BCUT2D eigenvalue weighted by Crippen LogP contribution is 2.26. The van der Waals surface area contributed by atoms with Gasteiger partial charge in [-0.1, -0.05) is 18.2 Å². The van der Waals surface area contributed by atoms with E-state index in [0.29, 0.717) is 16.3 Å². The third-order valence-corrected chi connectivity index (χ3v) is 4.13. The summed E-state index contributed by atoms with van der Waals surface area (Å²) in [6.45, 7) is 0. The molecule has 0 amide bonds. The van der Waals surface area contributed by atoms with Crippen molar-refractivity contribution in [2.45, 2.75) is 10.6 Å². The zero-order valence-corrected chi connectivity index (χ0v) is 12.1. The number of aromatic nitrogens is 2. The summed E-state index contributed by atoms with van der Waals surface area (Å²) >= 11 is 1.43. The van der Waals surface area contributed by atoms with E-state index in [0.717, 1.165) is 11.3 Å². The van der Waals surface area contributed by atoms with Gasteiger partial charge >= 0.3 is 0 Å². The molecule has 0 atom stereocenters. The van der Waals surface area contributed by atoms with E-state index >= 15 is 0 Å². The first-order valence-electron chi connectivity index (χ1n) is 6.49.